The number of nitrogens with one attached hydrogen (secondary N) is 1. The van der Waals surface area contributed by atoms with E-state index >= 15 is 0 Å². The van der Waals surface area contributed by atoms with E-state index in [1.807, 2.05) is 0 Å². The molecule has 3 N–H and O–H groups in total. The van der Waals surface area contributed by atoms with Crippen molar-refractivity contribution in [3.05, 3.63) is 59.8 Å². The van der Waals surface area contributed by atoms with Crippen molar-refractivity contribution in [2.24, 2.45) is 5.73 Å². The van der Waals surface area contributed by atoms with Gasteiger partial charge in [0.25, 0.3) is 0 Å². The molecule has 132 valence electrons. The van der Waals surface area contributed by atoms with Crippen molar-refractivity contribution < 1.29 is 22.8 Å². The minimum atomic E-state index is -4.46. The number of benzene rings is 1. The summed E-state index contributed by atoms with van der Waals surface area (Å²) in [5, 5.41) is 2.76. The molecule has 2 amide bonds. The van der Waals surface area contributed by atoms with Crippen molar-refractivity contribution in [2.45, 2.75) is 17.2 Å². The Labute approximate surface area is 145 Å². The highest BCUT2D eigenvalue weighted by molar-refractivity contribution is 7.99. The first-order valence-corrected chi connectivity index (χ1v) is 8.05. The van der Waals surface area contributed by atoms with E-state index < -0.39 is 29.6 Å². The second kappa shape index (κ2) is 8.02. The quantitative estimate of drug-likeness (QED) is 0.767. The van der Waals surface area contributed by atoms with E-state index in [0.717, 1.165) is 17.8 Å². The zero-order chi connectivity index (χ0) is 18.4. The summed E-state index contributed by atoms with van der Waals surface area (Å²) in [6.45, 7) is 0. The van der Waals surface area contributed by atoms with Crippen LogP contribution >= 0.6 is 11.8 Å². The van der Waals surface area contributed by atoms with Crippen LogP contribution in [0.2, 0.25) is 0 Å². The zero-order valence-corrected chi connectivity index (χ0v) is 13.6. The van der Waals surface area contributed by atoms with E-state index in [4.69, 9.17) is 5.73 Å². The van der Waals surface area contributed by atoms with Crippen molar-refractivity contribution in [2.75, 3.05) is 5.75 Å². The molecular weight excluding hydrogens is 355 g/mol. The van der Waals surface area contributed by atoms with Crippen molar-refractivity contribution in [1.82, 2.24) is 10.3 Å². The van der Waals surface area contributed by atoms with Gasteiger partial charge in [-0.2, -0.15) is 13.2 Å². The molecule has 2 rings (SSSR count). The fourth-order valence-corrected chi connectivity index (χ4v) is 2.59. The van der Waals surface area contributed by atoms with Gasteiger partial charge >= 0.3 is 6.18 Å². The third-order valence-electron chi connectivity index (χ3n) is 3.14. The van der Waals surface area contributed by atoms with E-state index in [0.29, 0.717) is 11.8 Å². The fraction of sp³-hybridized carbons (Fsp3) is 0.188. The Kier molecular flexibility index (Phi) is 6.02. The molecule has 0 radical (unpaired) electrons. The number of pyridine rings is 1. The van der Waals surface area contributed by atoms with Crippen LogP contribution in [-0.4, -0.2) is 22.6 Å². The Morgan fingerprint density at radius 1 is 1.16 bits per heavy atom. The Bertz CT molecular complexity index is 737. The average molecular weight is 369 g/mol. The molecule has 0 bridgehead atoms. The van der Waals surface area contributed by atoms with Gasteiger partial charge in [0.15, 0.2) is 0 Å². The predicted octanol–water partition coefficient (Wildman–Crippen LogP) is 2.54. The lowest BCUT2D eigenvalue weighted by Crippen LogP contribution is -2.38. The van der Waals surface area contributed by atoms with Crippen LogP contribution in [0.4, 0.5) is 13.2 Å². The number of carbonyl (C=O) groups is 2. The maximum atomic E-state index is 12.5. The van der Waals surface area contributed by atoms with E-state index in [1.54, 1.807) is 30.3 Å². The topological polar surface area (TPSA) is 85.1 Å². The molecule has 1 unspecified atom stereocenters. The van der Waals surface area contributed by atoms with Gasteiger partial charge in [-0.25, -0.2) is 4.98 Å². The summed E-state index contributed by atoms with van der Waals surface area (Å²) >= 11 is 0.954. The van der Waals surface area contributed by atoms with Crippen molar-refractivity contribution >= 4 is 23.6 Å². The summed E-state index contributed by atoms with van der Waals surface area (Å²) in [7, 11) is 0. The maximum Gasteiger partial charge on any atom is 0.417 e. The number of carbonyl (C=O) groups excluding carboxylic acids is 2. The third kappa shape index (κ3) is 5.49. The zero-order valence-electron chi connectivity index (χ0n) is 12.8. The molecular formula is C16H14F3N3O2S. The molecule has 5 nitrogen and oxygen atoms in total. The van der Waals surface area contributed by atoms with E-state index in [-0.39, 0.29) is 10.8 Å². The van der Waals surface area contributed by atoms with Gasteiger partial charge in [-0.3, -0.25) is 9.59 Å². The molecule has 0 saturated carbocycles. The number of primary amides is 1. The van der Waals surface area contributed by atoms with Crippen LogP contribution < -0.4 is 11.1 Å². The molecule has 2 aromatic rings. The summed E-state index contributed by atoms with van der Waals surface area (Å²) in [6, 6.07) is 9.58. The molecule has 1 atom stereocenters. The van der Waals surface area contributed by atoms with Crippen molar-refractivity contribution in [3.8, 4) is 0 Å². The fourth-order valence-electron chi connectivity index (χ4n) is 1.94. The van der Waals surface area contributed by atoms with Crippen molar-refractivity contribution in [1.29, 1.82) is 0 Å². The maximum absolute atomic E-state index is 12.5. The summed E-state index contributed by atoms with van der Waals surface area (Å²) in [6.07, 6.45) is -3.76. The first kappa shape index (κ1) is 18.8. The lowest BCUT2D eigenvalue weighted by atomic mass is 10.1. The number of nitrogens with zero attached hydrogens (tertiary/aromatic N) is 1. The van der Waals surface area contributed by atoms with Gasteiger partial charge < -0.3 is 11.1 Å². The molecule has 0 aliphatic heterocycles. The summed E-state index contributed by atoms with van der Waals surface area (Å²) in [5.74, 6) is -1.31. The number of nitrogens with two attached hydrogens (primary N) is 1. The van der Waals surface area contributed by atoms with Crippen LogP contribution in [0.3, 0.4) is 0 Å². The molecule has 0 saturated heterocycles. The van der Waals surface area contributed by atoms with Gasteiger partial charge in [0, 0.05) is 6.20 Å². The number of halogens is 3. The van der Waals surface area contributed by atoms with Crippen LogP contribution in [0, 0.1) is 0 Å². The van der Waals surface area contributed by atoms with E-state index in [9.17, 15) is 22.8 Å². The molecule has 1 heterocycles. The third-order valence-corrected chi connectivity index (χ3v) is 4.08. The largest absolute Gasteiger partial charge is 0.417 e. The number of hydrogen-bond acceptors (Lipinski definition) is 4. The number of amides is 2. The van der Waals surface area contributed by atoms with Gasteiger partial charge in [-0.1, -0.05) is 42.1 Å². The molecule has 25 heavy (non-hydrogen) atoms. The van der Waals surface area contributed by atoms with Crippen molar-refractivity contribution in [3.63, 3.8) is 0 Å². The smallest absolute Gasteiger partial charge is 0.368 e. The number of rotatable bonds is 6. The Hall–Kier alpha value is -2.55. The number of thioether (sulfide) groups is 1. The first-order chi connectivity index (χ1) is 11.8. The lowest BCUT2D eigenvalue weighted by molar-refractivity contribution is -0.137. The Morgan fingerprint density at radius 2 is 1.84 bits per heavy atom. The second-order valence-corrected chi connectivity index (χ2v) is 5.98. The van der Waals surface area contributed by atoms with Crippen LogP contribution in [0.5, 0.6) is 0 Å². The van der Waals surface area contributed by atoms with E-state index in [1.165, 1.54) is 6.07 Å². The highest BCUT2D eigenvalue weighted by atomic mass is 32.2. The monoisotopic (exact) mass is 369 g/mol. The van der Waals surface area contributed by atoms with Gasteiger partial charge in [0.05, 0.1) is 16.3 Å². The predicted molar refractivity (Wildman–Crippen MR) is 86.5 cm³/mol. The van der Waals surface area contributed by atoms with Gasteiger partial charge in [-0.05, 0) is 17.7 Å². The van der Waals surface area contributed by atoms with Crippen LogP contribution in [0.1, 0.15) is 17.2 Å². The van der Waals surface area contributed by atoms with Crippen LogP contribution in [-0.2, 0) is 15.8 Å². The normalized spacial score (nSPS) is 12.4. The van der Waals surface area contributed by atoms with Gasteiger partial charge in [-0.15, -0.1) is 0 Å². The average Bonchev–Trinajstić information content (AvgIpc) is 2.58. The molecule has 0 aliphatic carbocycles. The second-order valence-electron chi connectivity index (χ2n) is 4.99. The van der Waals surface area contributed by atoms with Gasteiger partial charge in [0.2, 0.25) is 11.8 Å². The minimum Gasteiger partial charge on any atom is -0.368 e. The Balaban J connectivity index is 1.94. The highest BCUT2D eigenvalue weighted by Crippen LogP contribution is 2.29. The highest BCUT2D eigenvalue weighted by Gasteiger charge is 2.30. The molecule has 1 aromatic carbocycles. The number of aromatic nitrogens is 1. The summed E-state index contributed by atoms with van der Waals surface area (Å²) < 4.78 is 37.4. The minimum absolute atomic E-state index is 0.116. The molecule has 0 fully saturated rings. The summed E-state index contributed by atoms with van der Waals surface area (Å²) in [4.78, 5) is 27.2. The summed E-state index contributed by atoms with van der Waals surface area (Å²) in [5.41, 5.74) is 4.98. The molecule has 9 heteroatoms. The Morgan fingerprint density at radius 3 is 2.36 bits per heavy atom. The molecule has 0 aliphatic rings. The standard InChI is InChI=1S/C16H14F3N3O2S/c17-16(18,19)11-6-7-13(21-8-11)25-9-12(23)22-14(15(20)24)10-4-2-1-3-5-10/h1-8,14H,9H2,(H2,20,24)(H,22,23). The number of hydrogen-bond donors (Lipinski definition) is 2. The SMILES string of the molecule is NC(=O)C(NC(=O)CSc1ccc(C(F)(F)F)cn1)c1ccccc1. The lowest BCUT2D eigenvalue weighted by Gasteiger charge is -2.15. The molecule has 0 spiro atoms. The van der Waals surface area contributed by atoms with E-state index in [2.05, 4.69) is 10.3 Å². The van der Waals surface area contributed by atoms with Crippen LogP contribution in [0.15, 0.2) is 53.7 Å². The first-order valence-electron chi connectivity index (χ1n) is 7.07. The number of alkyl halides is 3. The molecule has 1 aromatic heterocycles. The van der Waals surface area contributed by atoms with Crippen LogP contribution in [0.25, 0.3) is 0 Å². The van der Waals surface area contributed by atoms with Gasteiger partial charge in [0.1, 0.15) is 6.04 Å².